The zero-order valence-electron chi connectivity index (χ0n) is 13.1. The third kappa shape index (κ3) is 3.43. The smallest absolute Gasteiger partial charge is 0.254 e. The molecule has 0 aromatic heterocycles. The zero-order valence-corrected chi connectivity index (χ0v) is 14.7. The van der Waals surface area contributed by atoms with E-state index >= 15 is 0 Å². The Balaban J connectivity index is 1.71. The van der Waals surface area contributed by atoms with Crippen molar-refractivity contribution in [2.75, 3.05) is 26.2 Å². The molecule has 2 saturated heterocycles. The largest absolute Gasteiger partial charge is 0.341 e. The number of hydrogen-bond donors (Lipinski definition) is 1. The van der Waals surface area contributed by atoms with Gasteiger partial charge in [-0.2, -0.15) is 0 Å². The topological polar surface area (TPSA) is 66.6 Å². The van der Waals surface area contributed by atoms with E-state index in [1.165, 1.54) is 0 Å². The van der Waals surface area contributed by atoms with E-state index in [2.05, 4.69) is 15.9 Å². The minimum atomic E-state index is -0.317. The van der Waals surface area contributed by atoms with Crippen molar-refractivity contribution in [2.24, 2.45) is 11.7 Å². The summed E-state index contributed by atoms with van der Waals surface area (Å²) in [4.78, 5) is 29.1. The molecule has 2 aliphatic rings. The van der Waals surface area contributed by atoms with Crippen LogP contribution in [-0.4, -0.2) is 53.8 Å². The Labute approximate surface area is 144 Å². The van der Waals surface area contributed by atoms with Gasteiger partial charge in [0, 0.05) is 29.7 Å². The first kappa shape index (κ1) is 16.5. The predicted octanol–water partition coefficient (Wildman–Crippen LogP) is 1.86. The van der Waals surface area contributed by atoms with Crippen molar-refractivity contribution in [2.45, 2.75) is 25.3 Å². The molecule has 0 bridgehead atoms. The van der Waals surface area contributed by atoms with Crippen molar-refractivity contribution in [3.8, 4) is 0 Å². The summed E-state index contributed by atoms with van der Waals surface area (Å²) in [6.07, 6.45) is 2.60. The van der Waals surface area contributed by atoms with Gasteiger partial charge in [0.05, 0.1) is 0 Å². The van der Waals surface area contributed by atoms with E-state index in [0.29, 0.717) is 24.6 Å². The summed E-state index contributed by atoms with van der Waals surface area (Å²) < 4.78 is 0.938. The van der Waals surface area contributed by atoms with E-state index in [9.17, 15) is 9.59 Å². The van der Waals surface area contributed by atoms with Gasteiger partial charge in [0.2, 0.25) is 5.91 Å². The molecule has 2 fully saturated rings. The first-order valence-electron chi connectivity index (χ1n) is 8.15. The molecule has 2 N–H and O–H groups in total. The number of rotatable bonds is 3. The standard InChI is InChI=1S/C17H22BrN3O2/c18-14-5-3-13(4-6-14)16(22)21-8-1-2-15(21)17(23)20-9-7-12(10-19)11-20/h3-6,12,15H,1-2,7-11,19H2. The molecule has 2 heterocycles. The van der Waals surface area contributed by atoms with E-state index in [4.69, 9.17) is 5.73 Å². The summed E-state index contributed by atoms with van der Waals surface area (Å²) in [5, 5.41) is 0. The number of carbonyl (C=O) groups excluding carboxylic acids is 2. The van der Waals surface area contributed by atoms with Gasteiger partial charge in [-0.15, -0.1) is 0 Å². The molecule has 2 aliphatic heterocycles. The highest BCUT2D eigenvalue weighted by molar-refractivity contribution is 9.10. The Morgan fingerprint density at radius 3 is 2.57 bits per heavy atom. The van der Waals surface area contributed by atoms with Crippen LogP contribution in [0.2, 0.25) is 0 Å². The van der Waals surface area contributed by atoms with Gasteiger partial charge in [0.15, 0.2) is 0 Å². The molecule has 2 amide bonds. The molecule has 0 aliphatic carbocycles. The van der Waals surface area contributed by atoms with Gasteiger partial charge >= 0.3 is 0 Å². The lowest BCUT2D eigenvalue weighted by Crippen LogP contribution is -2.47. The maximum atomic E-state index is 12.8. The van der Waals surface area contributed by atoms with Crippen molar-refractivity contribution in [1.29, 1.82) is 0 Å². The average Bonchev–Trinajstić information content (AvgIpc) is 3.23. The van der Waals surface area contributed by atoms with Crippen LogP contribution >= 0.6 is 15.9 Å². The second kappa shape index (κ2) is 7.01. The molecule has 0 saturated carbocycles. The molecule has 23 heavy (non-hydrogen) atoms. The van der Waals surface area contributed by atoms with Gasteiger partial charge in [-0.3, -0.25) is 9.59 Å². The number of nitrogens with zero attached hydrogens (tertiary/aromatic N) is 2. The number of amides is 2. The lowest BCUT2D eigenvalue weighted by molar-refractivity contribution is -0.134. The Hall–Kier alpha value is -1.40. The minimum absolute atomic E-state index is 0.0529. The van der Waals surface area contributed by atoms with Crippen LogP contribution in [0.1, 0.15) is 29.6 Å². The zero-order chi connectivity index (χ0) is 16.4. The van der Waals surface area contributed by atoms with Crippen LogP contribution in [0.15, 0.2) is 28.7 Å². The fourth-order valence-electron chi connectivity index (χ4n) is 3.46. The highest BCUT2D eigenvalue weighted by Crippen LogP contribution is 2.25. The van der Waals surface area contributed by atoms with Crippen LogP contribution in [-0.2, 0) is 4.79 Å². The van der Waals surface area contributed by atoms with Crippen molar-refractivity contribution in [1.82, 2.24) is 9.80 Å². The first-order valence-corrected chi connectivity index (χ1v) is 8.95. The summed E-state index contributed by atoms with van der Waals surface area (Å²) in [6.45, 7) is 2.76. The maximum Gasteiger partial charge on any atom is 0.254 e. The second-order valence-electron chi connectivity index (χ2n) is 6.34. The van der Waals surface area contributed by atoms with Crippen LogP contribution in [0, 0.1) is 5.92 Å². The molecule has 6 heteroatoms. The molecule has 0 radical (unpaired) electrons. The molecule has 124 valence electrons. The Bertz CT molecular complexity index is 590. The average molecular weight is 380 g/mol. The highest BCUT2D eigenvalue weighted by atomic mass is 79.9. The predicted molar refractivity (Wildman–Crippen MR) is 91.9 cm³/mol. The van der Waals surface area contributed by atoms with Crippen molar-refractivity contribution in [3.63, 3.8) is 0 Å². The fraction of sp³-hybridized carbons (Fsp3) is 0.529. The van der Waals surface area contributed by atoms with Gasteiger partial charge in [-0.05, 0) is 56.0 Å². The summed E-state index contributed by atoms with van der Waals surface area (Å²) in [5.41, 5.74) is 6.34. The van der Waals surface area contributed by atoms with E-state index < -0.39 is 0 Å². The molecule has 1 aromatic carbocycles. The van der Waals surface area contributed by atoms with E-state index in [1.54, 1.807) is 17.0 Å². The molecule has 5 nitrogen and oxygen atoms in total. The normalized spacial score (nSPS) is 24.3. The number of carbonyl (C=O) groups is 2. The number of hydrogen-bond acceptors (Lipinski definition) is 3. The molecular formula is C17H22BrN3O2. The van der Waals surface area contributed by atoms with Crippen molar-refractivity contribution >= 4 is 27.7 Å². The third-order valence-corrected chi connectivity index (χ3v) is 5.35. The molecule has 3 rings (SSSR count). The van der Waals surface area contributed by atoms with Gasteiger partial charge in [-0.1, -0.05) is 15.9 Å². The van der Waals surface area contributed by atoms with Gasteiger partial charge < -0.3 is 15.5 Å². The van der Waals surface area contributed by atoms with Crippen LogP contribution in [0.3, 0.4) is 0 Å². The molecule has 0 spiro atoms. The third-order valence-electron chi connectivity index (χ3n) is 4.82. The van der Waals surface area contributed by atoms with Crippen LogP contribution < -0.4 is 5.73 Å². The van der Waals surface area contributed by atoms with E-state index in [0.717, 1.165) is 36.8 Å². The maximum absolute atomic E-state index is 12.8. The number of likely N-dealkylation sites (tertiary alicyclic amines) is 2. The summed E-state index contributed by atoms with van der Waals surface area (Å²) in [5.74, 6) is 0.433. The van der Waals surface area contributed by atoms with Crippen LogP contribution in [0.25, 0.3) is 0 Å². The first-order chi connectivity index (χ1) is 11.1. The summed E-state index contributed by atoms with van der Waals surface area (Å²) >= 11 is 3.37. The van der Waals surface area contributed by atoms with E-state index in [1.807, 2.05) is 17.0 Å². The highest BCUT2D eigenvalue weighted by Gasteiger charge is 2.38. The summed E-state index contributed by atoms with van der Waals surface area (Å²) in [7, 11) is 0. The van der Waals surface area contributed by atoms with Gasteiger partial charge in [0.1, 0.15) is 6.04 Å². The monoisotopic (exact) mass is 379 g/mol. The van der Waals surface area contributed by atoms with E-state index in [-0.39, 0.29) is 17.9 Å². The number of nitrogens with two attached hydrogens (primary N) is 1. The minimum Gasteiger partial charge on any atom is -0.341 e. The fourth-order valence-corrected chi connectivity index (χ4v) is 3.73. The lowest BCUT2D eigenvalue weighted by atomic mass is 10.1. The quantitative estimate of drug-likeness (QED) is 0.871. The van der Waals surface area contributed by atoms with Crippen LogP contribution in [0.4, 0.5) is 0 Å². The molecule has 2 unspecified atom stereocenters. The molecule has 1 aromatic rings. The van der Waals surface area contributed by atoms with Crippen molar-refractivity contribution in [3.05, 3.63) is 34.3 Å². The Morgan fingerprint density at radius 1 is 1.17 bits per heavy atom. The van der Waals surface area contributed by atoms with Gasteiger partial charge in [0.25, 0.3) is 5.91 Å². The SMILES string of the molecule is NCC1CCN(C(=O)C2CCCN2C(=O)c2ccc(Br)cc2)C1. The van der Waals surface area contributed by atoms with Crippen molar-refractivity contribution < 1.29 is 9.59 Å². The number of benzene rings is 1. The molecular weight excluding hydrogens is 358 g/mol. The second-order valence-corrected chi connectivity index (χ2v) is 7.25. The number of halogens is 1. The van der Waals surface area contributed by atoms with Crippen LogP contribution in [0.5, 0.6) is 0 Å². The Morgan fingerprint density at radius 2 is 1.91 bits per heavy atom. The molecule has 2 atom stereocenters. The van der Waals surface area contributed by atoms with Gasteiger partial charge in [-0.25, -0.2) is 0 Å². The Kier molecular flexibility index (Phi) is 5.02. The summed E-state index contributed by atoms with van der Waals surface area (Å²) in [6, 6.07) is 6.99. The lowest BCUT2D eigenvalue weighted by Gasteiger charge is -2.28.